The molecule has 5 nitrogen and oxygen atoms in total. The Balaban J connectivity index is 1.91. The second kappa shape index (κ2) is 5.07. The lowest BCUT2D eigenvalue weighted by Crippen LogP contribution is -2.32. The van der Waals surface area contributed by atoms with Crippen LogP contribution in [-0.4, -0.2) is 32.8 Å². The molecule has 1 aromatic heterocycles. The van der Waals surface area contributed by atoms with Gasteiger partial charge in [0.2, 0.25) is 5.91 Å². The second-order valence-electron chi connectivity index (χ2n) is 5.10. The minimum absolute atomic E-state index is 0.0776. The molecule has 1 atom stereocenters. The van der Waals surface area contributed by atoms with Crippen LogP contribution in [0.25, 0.3) is 11.0 Å². The van der Waals surface area contributed by atoms with Crippen LogP contribution in [-0.2, 0) is 9.59 Å². The molecule has 2 amide bonds. The van der Waals surface area contributed by atoms with Gasteiger partial charge in [-0.25, -0.2) is 4.98 Å². The van der Waals surface area contributed by atoms with Crippen molar-refractivity contribution in [1.82, 2.24) is 14.5 Å². The van der Waals surface area contributed by atoms with E-state index in [0.29, 0.717) is 6.54 Å². The molecule has 0 spiro atoms. The number of nitrogens with zero attached hydrogens (tertiary/aromatic N) is 3. The predicted molar refractivity (Wildman–Crippen MR) is 75.0 cm³/mol. The molecule has 104 valence electrons. The number of aromatic nitrogens is 2. The van der Waals surface area contributed by atoms with Gasteiger partial charge in [0.25, 0.3) is 5.91 Å². The molecular weight excluding hydrogens is 254 g/mol. The lowest BCUT2D eigenvalue weighted by atomic mass is 10.2. The summed E-state index contributed by atoms with van der Waals surface area (Å²) in [5, 5.41) is 0. The van der Waals surface area contributed by atoms with Crippen molar-refractivity contribution in [2.45, 2.75) is 32.2 Å². The van der Waals surface area contributed by atoms with Crippen molar-refractivity contribution in [2.75, 3.05) is 6.54 Å². The molecule has 5 heteroatoms. The third kappa shape index (κ3) is 1.99. The number of likely N-dealkylation sites (tertiary alicyclic amines) is 1. The average molecular weight is 271 g/mol. The first-order valence-electron chi connectivity index (χ1n) is 6.98. The fraction of sp³-hybridized carbons (Fsp3) is 0.400. The summed E-state index contributed by atoms with van der Waals surface area (Å²) in [6.07, 6.45) is 3.72. The van der Waals surface area contributed by atoms with Gasteiger partial charge in [0.1, 0.15) is 6.04 Å². The highest BCUT2D eigenvalue weighted by Crippen LogP contribution is 2.28. The Morgan fingerprint density at radius 2 is 2.10 bits per heavy atom. The molecule has 0 N–H and O–H groups in total. The minimum Gasteiger partial charge on any atom is -0.317 e. The number of amides is 2. The van der Waals surface area contributed by atoms with Gasteiger partial charge in [-0.1, -0.05) is 25.5 Å². The number of hydrogen-bond acceptors (Lipinski definition) is 3. The lowest BCUT2D eigenvalue weighted by Gasteiger charge is -2.15. The number of unbranched alkanes of at least 4 members (excludes halogenated alkanes) is 1. The number of imidazole rings is 1. The van der Waals surface area contributed by atoms with E-state index in [4.69, 9.17) is 0 Å². The molecule has 0 radical (unpaired) electrons. The number of benzene rings is 1. The van der Waals surface area contributed by atoms with Crippen molar-refractivity contribution in [2.24, 2.45) is 0 Å². The highest BCUT2D eigenvalue weighted by Gasteiger charge is 2.39. The highest BCUT2D eigenvalue weighted by atomic mass is 16.2. The molecule has 0 saturated carbocycles. The molecular formula is C15H17N3O2. The number of hydrogen-bond donors (Lipinski definition) is 0. The average Bonchev–Trinajstić information content (AvgIpc) is 2.99. The van der Waals surface area contributed by atoms with E-state index in [2.05, 4.69) is 4.98 Å². The Morgan fingerprint density at radius 1 is 1.30 bits per heavy atom. The quantitative estimate of drug-likeness (QED) is 0.800. The van der Waals surface area contributed by atoms with E-state index in [9.17, 15) is 9.59 Å². The van der Waals surface area contributed by atoms with E-state index in [-0.39, 0.29) is 18.2 Å². The molecule has 2 heterocycles. The third-order valence-corrected chi connectivity index (χ3v) is 3.77. The summed E-state index contributed by atoms with van der Waals surface area (Å²) in [5.41, 5.74) is 1.75. The van der Waals surface area contributed by atoms with Crippen LogP contribution in [0, 0.1) is 0 Å². The van der Waals surface area contributed by atoms with Gasteiger partial charge in [-0.3, -0.25) is 14.5 Å². The van der Waals surface area contributed by atoms with Crippen LogP contribution in [0.5, 0.6) is 0 Å². The maximum Gasteiger partial charge on any atom is 0.252 e. The molecule has 2 aromatic rings. The molecule has 1 saturated heterocycles. The Hall–Kier alpha value is -2.17. The summed E-state index contributed by atoms with van der Waals surface area (Å²) >= 11 is 0. The van der Waals surface area contributed by atoms with Crippen LogP contribution in [0.4, 0.5) is 0 Å². The maximum absolute atomic E-state index is 12.4. The predicted octanol–water partition coefficient (Wildman–Crippen LogP) is 2.14. The van der Waals surface area contributed by atoms with E-state index in [0.717, 1.165) is 23.9 Å². The minimum atomic E-state index is -0.438. The van der Waals surface area contributed by atoms with Crippen molar-refractivity contribution in [3.05, 3.63) is 30.6 Å². The van der Waals surface area contributed by atoms with Crippen LogP contribution >= 0.6 is 0 Å². The first-order valence-corrected chi connectivity index (χ1v) is 6.98. The van der Waals surface area contributed by atoms with Gasteiger partial charge in [0.15, 0.2) is 0 Å². The van der Waals surface area contributed by atoms with Crippen LogP contribution in [0.1, 0.15) is 32.2 Å². The molecule has 0 bridgehead atoms. The summed E-state index contributed by atoms with van der Waals surface area (Å²) < 4.78 is 1.82. The van der Waals surface area contributed by atoms with Crippen molar-refractivity contribution in [1.29, 1.82) is 0 Å². The highest BCUT2D eigenvalue weighted by molar-refractivity contribution is 6.05. The van der Waals surface area contributed by atoms with Crippen LogP contribution in [0.15, 0.2) is 30.6 Å². The molecule has 20 heavy (non-hydrogen) atoms. The van der Waals surface area contributed by atoms with Crippen molar-refractivity contribution >= 4 is 22.8 Å². The summed E-state index contributed by atoms with van der Waals surface area (Å²) in [7, 11) is 0. The van der Waals surface area contributed by atoms with Crippen molar-refractivity contribution in [3.63, 3.8) is 0 Å². The Labute approximate surface area is 117 Å². The molecule has 1 unspecified atom stereocenters. The van der Waals surface area contributed by atoms with Gasteiger partial charge < -0.3 is 4.57 Å². The third-order valence-electron chi connectivity index (χ3n) is 3.77. The van der Waals surface area contributed by atoms with E-state index < -0.39 is 6.04 Å². The Morgan fingerprint density at radius 3 is 2.90 bits per heavy atom. The van der Waals surface area contributed by atoms with Crippen LogP contribution in [0.2, 0.25) is 0 Å². The zero-order chi connectivity index (χ0) is 14.1. The number of rotatable bonds is 4. The normalized spacial score (nSPS) is 19.2. The molecule has 1 aliphatic rings. The summed E-state index contributed by atoms with van der Waals surface area (Å²) in [6.45, 7) is 2.57. The van der Waals surface area contributed by atoms with Crippen molar-refractivity contribution < 1.29 is 9.59 Å². The van der Waals surface area contributed by atoms with Gasteiger partial charge in [-0.15, -0.1) is 0 Å². The fourth-order valence-corrected chi connectivity index (χ4v) is 2.66. The number of carbonyl (C=O) groups excluding carboxylic acids is 2. The first-order chi connectivity index (χ1) is 9.72. The van der Waals surface area contributed by atoms with Gasteiger partial charge in [-0.05, 0) is 18.6 Å². The van der Waals surface area contributed by atoms with Gasteiger partial charge in [-0.2, -0.15) is 0 Å². The van der Waals surface area contributed by atoms with Gasteiger partial charge in [0.05, 0.1) is 23.8 Å². The Kier molecular flexibility index (Phi) is 3.26. The topological polar surface area (TPSA) is 55.2 Å². The number of carbonyl (C=O) groups is 2. The van der Waals surface area contributed by atoms with E-state index in [1.54, 1.807) is 6.33 Å². The smallest absolute Gasteiger partial charge is 0.252 e. The Bertz CT molecular complexity index is 662. The second-order valence-corrected chi connectivity index (χ2v) is 5.10. The number of para-hydroxylation sites is 2. The number of fused-ring (bicyclic) bond motifs is 1. The zero-order valence-corrected chi connectivity index (χ0v) is 11.5. The summed E-state index contributed by atoms with van der Waals surface area (Å²) in [5.74, 6) is -0.183. The van der Waals surface area contributed by atoms with Gasteiger partial charge >= 0.3 is 0 Å². The van der Waals surface area contributed by atoms with E-state index >= 15 is 0 Å². The zero-order valence-electron chi connectivity index (χ0n) is 11.5. The monoisotopic (exact) mass is 271 g/mol. The van der Waals surface area contributed by atoms with Crippen LogP contribution in [0.3, 0.4) is 0 Å². The van der Waals surface area contributed by atoms with Crippen molar-refractivity contribution in [3.8, 4) is 0 Å². The number of imide groups is 1. The summed E-state index contributed by atoms with van der Waals surface area (Å²) in [6, 6.07) is 7.22. The molecule has 1 aromatic carbocycles. The molecule has 1 fully saturated rings. The summed E-state index contributed by atoms with van der Waals surface area (Å²) in [4.78, 5) is 30.1. The molecule has 0 aliphatic carbocycles. The lowest BCUT2D eigenvalue weighted by molar-refractivity contribution is -0.139. The van der Waals surface area contributed by atoms with E-state index in [1.165, 1.54) is 4.90 Å². The van der Waals surface area contributed by atoms with Gasteiger partial charge in [0, 0.05) is 6.54 Å². The largest absolute Gasteiger partial charge is 0.317 e. The molecule has 1 aliphatic heterocycles. The maximum atomic E-state index is 12.4. The SMILES string of the molecule is CCCCN1C(=O)CC(n2cnc3ccccc32)C1=O. The standard InChI is InChI=1S/C15H17N3O2/c1-2-3-8-17-14(19)9-13(15(17)20)18-10-16-11-6-4-5-7-12(11)18/h4-7,10,13H,2-3,8-9H2,1H3. The van der Waals surface area contributed by atoms with E-state index in [1.807, 2.05) is 35.8 Å². The first kappa shape index (κ1) is 12.8. The fourth-order valence-electron chi connectivity index (χ4n) is 2.66. The molecule has 3 rings (SSSR count). The van der Waals surface area contributed by atoms with Crippen LogP contribution < -0.4 is 0 Å².